The molecule has 0 saturated carbocycles. The normalized spacial score (nSPS) is 12.3. The van der Waals surface area contributed by atoms with Crippen molar-refractivity contribution in [2.75, 3.05) is 27.2 Å². The molecule has 27 heavy (non-hydrogen) atoms. The zero-order valence-electron chi connectivity index (χ0n) is 17.2. The van der Waals surface area contributed by atoms with Crippen LogP contribution < -0.4 is 10.1 Å². The number of benzene rings is 2. The van der Waals surface area contributed by atoms with E-state index in [4.69, 9.17) is 4.74 Å². The summed E-state index contributed by atoms with van der Waals surface area (Å²) in [4.78, 5) is 14.5. The number of carbonyl (C=O) groups excluding carboxylic acids is 1. The number of rotatable bonds is 9. The number of ether oxygens (including phenoxy) is 1. The molecule has 2 aromatic carbocycles. The maximum absolute atomic E-state index is 12.3. The van der Waals surface area contributed by atoms with Gasteiger partial charge in [0.1, 0.15) is 5.75 Å². The minimum atomic E-state index is -0.0916. The lowest BCUT2D eigenvalue weighted by Gasteiger charge is -2.25. The minimum absolute atomic E-state index is 0.0364. The summed E-state index contributed by atoms with van der Waals surface area (Å²) in [6, 6.07) is 16.7. The molecular formula is C23H32N2O2. The summed E-state index contributed by atoms with van der Waals surface area (Å²) in [7, 11) is 4.08. The van der Waals surface area contributed by atoms with Crippen molar-refractivity contribution in [3.8, 4) is 5.75 Å². The van der Waals surface area contributed by atoms with Crippen molar-refractivity contribution in [3.63, 3.8) is 0 Å². The summed E-state index contributed by atoms with van der Waals surface area (Å²) in [5, 5.41) is 3.01. The lowest BCUT2D eigenvalue weighted by molar-refractivity contribution is -0.123. The quantitative estimate of drug-likeness (QED) is 0.732. The molecule has 1 N–H and O–H groups in total. The molecule has 0 bridgehead atoms. The summed E-state index contributed by atoms with van der Waals surface area (Å²) < 4.78 is 5.83. The van der Waals surface area contributed by atoms with Gasteiger partial charge in [0.15, 0.2) is 6.61 Å². The Morgan fingerprint density at radius 2 is 1.81 bits per heavy atom. The third-order valence-corrected chi connectivity index (χ3v) is 4.73. The fourth-order valence-corrected chi connectivity index (χ4v) is 2.99. The smallest absolute Gasteiger partial charge is 0.257 e. The van der Waals surface area contributed by atoms with E-state index < -0.39 is 0 Å². The number of hydrogen-bond acceptors (Lipinski definition) is 3. The first-order chi connectivity index (χ1) is 12.9. The number of aryl methyl sites for hydroxylation is 1. The second kappa shape index (κ2) is 10.1. The van der Waals surface area contributed by atoms with Gasteiger partial charge in [0.05, 0.1) is 0 Å². The van der Waals surface area contributed by atoms with Crippen molar-refractivity contribution in [3.05, 3.63) is 65.2 Å². The third kappa shape index (κ3) is 6.72. The number of likely N-dealkylation sites (N-methyl/N-ethyl adjacent to an activating group) is 1. The Kier molecular flexibility index (Phi) is 7.86. The average molecular weight is 369 g/mol. The van der Waals surface area contributed by atoms with Crippen LogP contribution in [-0.4, -0.2) is 44.1 Å². The van der Waals surface area contributed by atoms with Crippen LogP contribution in [-0.2, 0) is 11.2 Å². The van der Waals surface area contributed by atoms with E-state index in [0.29, 0.717) is 12.5 Å². The predicted octanol–water partition coefficient (Wildman–Crippen LogP) is 3.79. The first-order valence-corrected chi connectivity index (χ1v) is 9.57. The van der Waals surface area contributed by atoms with Gasteiger partial charge in [-0.3, -0.25) is 4.79 Å². The van der Waals surface area contributed by atoms with Gasteiger partial charge in [0.25, 0.3) is 5.91 Å². The zero-order valence-corrected chi connectivity index (χ0v) is 17.2. The molecule has 1 amide bonds. The summed E-state index contributed by atoms with van der Waals surface area (Å²) in [5.41, 5.74) is 3.53. The Labute approximate surface area is 163 Å². The van der Waals surface area contributed by atoms with Gasteiger partial charge in [0.2, 0.25) is 0 Å². The molecule has 146 valence electrons. The molecule has 2 rings (SSSR count). The molecule has 0 heterocycles. The molecule has 0 aromatic heterocycles. The Morgan fingerprint density at radius 1 is 1.11 bits per heavy atom. The van der Waals surface area contributed by atoms with Crippen LogP contribution in [0, 0.1) is 6.92 Å². The van der Waals surface area contributed by atoms with Crippen molar-refractivity contribution in [1.29, 1.82) is 0 Å². The van der Waals surface area contributed by atoms with Crippen LogP contribution in [0.2, 0.25) is 0 Å². The Hall–Kier alpha value is -2.33. The Bertz CT molecular complexity index is 726. The van der Waals surface area contributed by atoms with Crippen molar-refractivity contribution in [1.82, 2.24) is 10.2 Å². The molecule has 0 saturated heterocycles. The van der Waals surface area contributed by atoms with Crippen molar-refractivity contribution in [2.24, 2.45) is 0 Å². The number of nitrogens with one attached hydrogen (secondary N) is 1. The lowest BCUT2D eigenvalue weighted by atomic mass is 10.0. The van der Waals surface area contributed by atoms with E-state index >= 15 is 0 Å². The predicted molar refractivity (Wildman–Crippen MR) is 111 cm³/mol. The molecule has 0 spiro atoms. The molecule has 0 aliphatic heterocycles. The molecular weight excluding hydrogens is 336 g/mol. The highest BCUT2D eigenvalue weighted by Crippen LogP contribution is 2.27. The van der Waals surface area contributed by atoms with Crippen LogP contribution in [0.25, 0.3) is 0 Å². The molecule has 4 nitrogen and oxygen atoms in total. The Balaban J connectivity index is 1.88. The molecule has 0 unspecified atom stereocenters. The summed E-state index contributed by atoms with van der Waals surface area (Å²) >= 11 is 0. The first kappa shape index (κ1) is 21.0. The van der Waals surface area contributed by atoms with Crippen LogP contribution in [0.15, 0.2) is 48.5 Å². The standard InChI is InChI=1S/C23H32N2O2/c1-17(2)21-12-11-18(3)13-22(21)27-16-23(26)24-15-20(25(4)5)14-19-9-7-6-8-10-19/h6-13,17,20H,14-16H2,1-5H3,(H,24,26)/t20-/m0/s1. The Morgan fingerprint density at radius 3 is 2.44 bits per heavy atom. The number of carbonyl (C=O) groups is 1. The fraction of sp³-hybridized carbons (Fsp3) is 0.435. The van der Waals surface area contributed by atoms with Crippen LogP contribution in [0.4, 0.5) is 0 Å². The van der Waals surface area contributed by atoms with Crippen molar-refractivity contribution < 1.29 is 9.53 Å². The average Bonchev–Trinajstić information content (AvgIpc) is 2.63. The summed E-state index contributed by atoms with van der Waals surface area (Å²) in [6.07, 6.45) is 0.893. The molecule has 0 fully saturated rings. The maximum Gasteiger partial charge on any atom is 0.257 e. The highest BCUT2D eigenvalue weighted by atomic mass is 16.5. The molecule has 2 aromatic rings. The number of nitrogens with zero attached hydrogens (tertiary/aromatic N) is 1. The van der Waals surface area contributed by atoms with Crippen LogP contribution >= 0.6 is 0 Å². The molecule has 0 aliphatic carbocycles. The molecule has 4 heteroatoms. The van der Waals surface area contributed by atoms with Gasteiger partial charge in [-0.2, -0.15) is 0 Å². The van der Waals surface area contributed by atoms with Crippen molar-refractivity contribution in [2.45, 2.75) is 39.2 Å². The van der Waals surface area contributed by atoms with Gasteiger partial charge in [-0.05, 0) is 56.1 Å². The van der Waals surface area contributed by atoms with E-state index in [9.17, 15) is 4.79 Å². The van der Waals surface area contributed by atoms with Crippen molar-refractivity contribution >= 4 is 5.91 Å². The third-order valence-electron chi connectivity index (χ3n) is 4.73. The first-order valence-electron chi connectivity index (χ1n) is 9.57. The minimum Gasteiger partial charge on any atom is -0.483 e. The molecule has 1 atom stereocenters. The fourth-order valence-electron chi connectivity index (χ4n) is 2.99. The van der Waals surface area contributed by atoms with E-state index in [1.54, 1.807) is 0 Å². The van der Waals surface area contributed by atoms with Gasteiger partial charge >= 0.3 is 0 Å². The van der Waals surface area contributed by atoms with Crippen LogP contribution in [0.1, 0.15) is 36.5 Å². The van der Waals surface area contributed by atoms with Crippen LogP contribution in [0.3, 0.4) is 0 Å². The van der Waals surface area contributed by atoms with Gasteiger partial charge in [-0.15, -0.1) is 0 Å². The number of hydrogen-bond donors (Lipinski definition) is 1. The summed E-state index contributed by atoms with van der Waals surface area (Å²) in [5.74, 6) is 1.06. The molecule has 0 aliphatic rings. The SMILES string of the molecule is Cc1ccc(C(C)C)c(OCC(=O)NC[C@H](Cc2ccccc2)N(C)C)c1. The lowest BCUT2D eigenvalue weighted by Crippen LogP contribution is -2.43. The monoisotopic (exact) mass is 368 g/mol. The highest BCUT2D eigenvalue weighted by Gasteiger charge is 2.15. The van der Waals surface area contributed by atoms with E-state index in [1.165, 1.54) is 5.56 Å². The van der Waals surface area contributed by atoms with Gasteiger partial charge in [0, 0.05) is 12.6 Å². The maximum atomic E-state index is 12.3. The topological polar surface area (TPSA) is 41.6 Å². The van der Waals surface area contributed by atoms with E-state index in [2.05, 4.69) is 48.3 Å². The van der Waals surface area contributed by atoms with E-state index in [0.717, 1.165) is 23.3 Å². The van der Waals surface area contributed by atoms with Gasteiger partial charge in [-0.25, -0.2) is 0 Å². The highest BCUT2D eigenvalue weighted by molar-refractivity contribution is 5.77. The molecule has 0 radical (unpaired) electrons. The van der Waals surface area contributed by atoms with Gasteiger partial charge < -0.3 is 15.0 Å². The van der Waals surface area contributed by atoms with E-state index in [1.807, 2.05) is 45.3 Å². The van der Waals surface area contributed by atoms with E-state index in [-0.39, 0.29) is 18.6 Å². The number of amides is 1. The largest absolute Gasteiger partial charge is 0.483 e. The second-order valence-electron chi connectivity index (χ2n) is 7.60. The van der Waals surface area contributed by atoms with Crippen LogP contribution in [0.5, 0.6) is 5.75 Å². The zero-order chi connectivity index (χ0) is 19.8. The van der Waals surface area contributed by atoms with Gasteiger partial charge in [-0.1, -0.05) is 56.3 Å². The summed E-state index contributed by atoms with van der Waals surface area (Å²) in [6.45, 7) is 6.91. The second-order valence-corrected chi connectivity index (χ2v) is 7.60.